The van der Waals surface area contributed by atoms with Crippen molar-refractivity contribution in [3.63, 3.8) is 0 Å². The average molecular weight is 698 g/mol. The maximum atomic E-state index is 14.1. The smallest absolute Gasteiger partial charge is 0.378 e. The Morgan fingerprint density at radius 2 is 1.92 bits per heavy atom. The van der Waals surface area contributed by atoms with Crippen LogP contribution in [0.1, 0.15) is 87.5 Å². The minimum Gasteiger partial charge on any atom is -0.378 e. The number of nitrogens with one attached hydrogen (secondary N) is 1. The number of hydrogen-bond acceptors (Lipinski definition) is 6. The van der Waals surface area contributed by atoms with Crippen molar-refractivity contribution in [3.8, 4) is 6.07 Å². The third-order valence-corrected chi connectivity index (χ3v) is 8.32. The van der Waals surface area contributed by atoms with E-state index in [-0.39, 0.29) is 43.5 Å². The SMILES string of the molecule is C/C=C(C#N)\C=C/C(C)=C(C)C.C=C/C=C\C1=C(CCC)C(COCCC(=O)N(CCC)CCC(C)C)N(C2=C(C(F)(F)F)C(=C)NN=C2)C1. The predicted molar refractivity (Wildman–Crippen MR) is 200 cm³/mol. The second-order valence-electron chi connectivity index (χ2n) is 12.9. The van der Waals surface area contributed by atoms with Gasteiger partial charge >= 0.3 is 6.18 Å². The summed E-state index contributed by atoms with van der Waals surface area (Å²) in [5.41, 5.74) is 6.34. The van der Waals surface area contributed by atoms with Crippen molar-refractivity contribution in [2.24, 2.45) is 11.0 Å². The maximum Gasteiger partial charge on any atom is 0.420 e. The summed E-state index contributed by atoms with van der Waals surface area (Å²) in [7, 11) is 0. The Kier molecular flexibility index (Phi) is 19.8. The molecule has 0 bridgehead atoms. The van der Waals surface area contributed by atoms with Crippen LogP contribution in [0.3, 0.4) is 0 Å². The first-order valence-corrected chi connectivity index (χ1v) is 17.5. The van der Waals surface area contributed by atoms with E-state index in [4.69, 9.17) is 10.00 Å². The molecule has 0 aromatic heterocycles. The van der Waals surface area contributed by atoms with Gasteiger partial charge < -0.3 is 14.5 Å². The van der Waals surface area contributed by atoms with Gasteiger partial charge in [0.25, 0.3) is 0 Å². The van der Waals surface area contributed by atoms with Crippen LogP contribution in [-0.2, 0) is 9.53 Å². The molecule has 1 atom stereocenters. The van der Waals surface area contributed by atoms with E-state index < -0.39 is 17.8 Å². The van der Waals surface area contributed by atoms with Crippen LogP contribution in [0.4, 0.5) is 13.2 Å². The number of carbonyl (C=O) groups excluding carboxylic acids is 1. The Hall–Kier alpha value is -4.10. The standard InChI is InChI=1S/C29H43F3N4O2.C11H15N/c1-7-10-12-23-19-36(25-18-33-34-22(6)28(25)29(30,31)32)26(24(23)11-8-2)20-38-17-14-27(37)35(15-9-3)16-13-21(4)5;1-5-11(8-12)7-6-10(4)9(2)3/h7,10,12,18,21,26,34H,1,6,8-9,11,13-17,19-20H2,2-5H3;5-7H,1-4H3/b12-10-;7-6-,11-5+. The van der Waals surface area contributed by atoms with E-state index in [9.17, 15) is 18.0 Å². The van der Waals surface area contributed by atoms with Crippen LogP contribution in [0.2, 0.25) is 0 Å². The van der Waals surface area contributed by atoms with E-state index in [1.54, 1.807) is 23.1 Å². The molecule has 0 radical (unpaired) electrons. The zero-order chi connectivity index (χ0) is 37.9. The molecule has 276 valence electrons. The van der Waals surface area contributed by atoms with E-state index in [1.165, 1.54) is 17.4 Å². The van der Waals surface area contributed by atoms with Gasteiger partial charge in [-0.25, -0.2) is 0 Å². The average Bonchev–Trinajstić information content (AvgIpc) is 3.40. The predicted octanol–water partition coefficient (Wildman–Crippen LogP) is 9.49. The van der Waals surface area contributed by atoms with Gasteiger partial charge in [0.05, 0.1) is 49.4 Å². The molecule has 2 aliphatic heterocycles. The highest BCUT2D eigenvalue weighted by Crippen LogP contribution is 2.39. The number of alkyl halides is 3. The second-order valence-corrected chi connectivity index (χ2v) is 12.9. The van der Waals surface area contributed by atoms with Crippen molar-refractivity contribution in [2.45, 2.75) is 99.7 Å². The van der Waals surface area contributed by atoms with Crippen LogP contribution in [-0.4, -0.2) is 67.0 Å². The molecule has 7 nitrogen and oxygen atoms in total. The summed E-state index contributed by atoms with van der Waals surface area (Å²) in [4.78, 5) is 16.4. The monoisotopic (exact) mass is 697 g/mol. The largest absolute Gasteiger partial charge is 0.420 e. The number of rotatable bonds is 17. The zero-order valence-electron chi connectivity index (χ0n) is 31.4. The molecule has 1 amide bonds. The summed E-state index contributed by atoms with van der Waals surface area (Å²) in [6.45, 7) is 25.7. The van der Waals surface area contributed by atoms with Crippen molar-refractivity contribution in [1.29, 1.82) is 5.26 Å². The Morgan fingerprint density at radius 3 is 2.46 bits per heavy atom. The molecule has 1 N–H and O–H groups in total. The number of halogens is 3. The number of carbonyl (C=O) groups is 1. The molecule has 0 spiro atoms. The minimum absolute atomic E-state index is 0.0376. The van der Waals surface area contributed by atoms with Crippen LogP contribution in [0, 0.1) is 17.2 Å². The lowest BCUT2D eigenvalue weighted by Crippen LogP contribution is -2.40. The third-order valence-electron chi connectivity index (χ3n) is 8.32. The Morgan fingerprint density at radius 1 is 1.22 bits per heavy atom. The van der Waals surface area contributed by atoms with E-state index in [0.717, 1.165) is 37.0 Å². The number of allylic oxidation sites excluding steroid dienone is 10. The lowest BCUT2D eigenvalue weighted by atomic mass is 9.99. The van der Waals surface area contributed by atoms with Crippen molar-refractivity contribution >= 4 is 12.1 Å². The highest BCUT2D eigenvalue weighted by Gasteiger charge is 2.43. The topological polar surface area (TPSA) is 81.0 Å². The number of hydrogen-bond donors (Lipinski definition) is 1. The van der Waals surface area contributed by atoms with Gasteiger partial charge in [-0.1, -0.05) is 88.8 Å². The Labute approximate surface area is 299 Å². The highest BCUT2D eigenvalue weighted by atomic mass is 19.4. The number of amides is 1. The van der Waals surface area contributed by atoms with E-state index >= 15 is 0 Å². The van der Waals surface area contributed by atoms with Crippen molar-refractivity contribution in [3.05, 3.63) is 94.4 Å². The van der Waals surface area contributed by atoms with E-state index in [1.807, 2.05) is 50.8 Å². The van der Waals surface area contributed by atoms with Crippen LogP contribution in [0.15, 0.2) is 99.5 Å². The fraction of sp³-hybridized carbons (Fsp3) is 0.525. The molecule has 2 heterocycles. The van der Waals surface area contributed by atoms with Crippen molar-refractivity contribution in [2.75, 3.05) is 32.8 Å². The van der Waals surface area contributed by atoms with Gasteiger partial charge in [-0.15, -0.1) is 0 Å². The van der Waals surface area contributed by atoms with Crippen molar-refractivity contribution in [1.82, 2.24) is 15.2 Å². The molecule has 10 heteroatoms. The Balaban J connectivity index is 0.000000885. The molecule has 0 saturated heterocycles. The highest BCUT2D eigenvalue weighted by molar-refractivity contribution is 5.82. The molecule has 0 aromatic carbocycles. The van der Waals surface area contributed by atoms with Crippen LogP contribution < -0.4 is 5.43 Å². The van der Waals surface area contributed by atoms with Crippen molar-refractivity contribution < 1.29 is 22.7 Å². The number of hydrazone groups is 1. The summed E-state index contributed by atoms with van der Waals surface area (Å²) >= 11 is 0. The maximum absolute atomic E-state index is 14.1. The van der Waals surface area contributed by atoms with E-state index in [2.05, 4.69) is 57.4 Å². The first kappa shape index (κ1) is 43.9. The molecule has 50 heavy (non-hydrogen) atoms. The molecule has 2 rings (SSSR count). The molecule has 0 aromatic rings. The van der Waals surface area contributed by atoms with E-state index in [0.29, 0.717) is 24.5 Å². The molecular weight excluding hydrogens is 639 g/mol. The van der Waals surface area contributed by atoms with Crippen LogP contribution in [0.5, 0.6) is 0 Å². The third kappa shape index (κ3) is 14.4. The van der Waals surface area contributed by atoms with Gasteiger partial charge in [0.15, 0.2) is 0 Å². The van der Waals surface area contributed by atoms with Gasteiger partial charge in [0.1, 0.15) is 5.57 Å². The molecule has 0 aliphatic carbocycles. The fourth-order valence-corrected chi connectivity index (χ4v) is 5.30. The van der Waals surface area contributed by atoms with Crippen LogP contribution >= 0.6 is 0 Å². The first-order valence-electron chi connectivity index (χ1n) is 17.5. The van der Waals surface area contributed by atoms with Crippen LogP contribution in [0.25, 0.3) is 0 Å². The lowest BCUT2D eigenvalue weighted by molar-refractivity contribution is -0.132. The summed E-state index contributed by atoms with van der Waals surface area (Å²) in [5, 5.41) is 12.5. The minimum atomic E-state index is -4.60. The molecule has 0 saturated carbocycles. The van der Waals surface area contributed by atoms with Gasteiger partial charge in [-0.3, -0.25) is 10.2 Å². The molecule has 0 fully saturated rings. The van der Waals surface area contributed by atoms with Gasteiger partial charge in [0.2, 0.25) is 5.91 Å². The quantitative estimate of drug-likeness (QED) is 0.0931. The summed E-state index contributed by atoms with van der Waals surface area (Å²) in [5.74, 6) is 0.545. The number of nitrogens with zero attached hydrogens (tertiary/aromatic N) is 4. The second kappa shape index (κ2) is 22.6. The van der Waals surface area contributed by atoms with Gasteiger partial charge in [-0.05, 0) is 70.1 Å². The normalized spacial score (nSPS) is 16.6. The zero-order valence-corrected chi connectivity index (χ0v) is 31.4. The first-order chi connectivity index (χ1) is 23.7. The number of ether oxygens (including phenoxy) is 1. The Bertz CT molecular complexity index is 1420. The van der Waals surface area contributed by atoms with Gasteiger partial charge in [0, 0.05) is 25.2 Å². The summed E-state index contributed by atoms with van der Waals surface area (Å²) in [6, 6.07) is 1.67. The molecule has 2 aliphatic rings. The molecule has 1 unspecified atom stereocenters. The number of nitriles is 1. The summed E-state index contributed by atoms with van der Waals surface area (Å²) < 4.78 is 48.1. The molecular formula is C40H58F3N5O2. The summed E-state index contributed by atoms with van der Waals surface area (Å²) in [6.07, 6.45) is 11.1. The fourth-order valence-electron chi connectivity index (χ4n) is 5.30. The lowest BCUT2D eigenvalue weighted by Gasteiger charge is -2.33. The van der Waals surface area contributed by atoms with Gasteiger partial charge in [-0.2, -0.15) is 23.5 Å².